The molecule has 6 nitrogen and oxygen atoms in total. The Morgan fingerprint density at radius 3 is 2.29 bits per heavy atom. The van der Waals surface area contributed by atoms with E-state index in [2.05, 4.69) is 23.5 Å². The molecule has 2 rings (SSSR count). The Labute approximate surface area is 208 Å². The zero-order chi connectivity index (χ0) is 24.9. The number of nitrogens with one attached hydrogen (secondary N) is 1. The van der Waals surface area contributed by atoms with Crippen LogP contribution in [0.15, 0.2) is 59.5 Å². The minimum atomic E-state index is -0.780. The van der Waals surface area contributed by atoms with Gasteiger partial charge in [0.15, 0.2) is 0 Å². The van der Waals surface area contributed by atoms with Gasteiger partial charge in [-0.15, -0.1) is 0 Å². The fourth-order valence-corrected chi connectivity index (χ4v) is 4.63. The molecule has 0 bridgehead atoms. The number of hydrogen-bond acceptors (Lipinski definition) is 6. The number of benzene rings is 2. The van der Waals surface area contributed by atoms with Gasteiger partial charge in [0.1, 0.15) is 5.75 Å². The van der Waals surface area contributed by atoms with Crippen molar-refractivity contribution in [1.82, 2.24) is 9.62 Å². The van der Waals surface area contributed by atoms with Crippen LogP contribution in [0.5, 0.6) is 5.75 Å². The molecule has 2 aromatic carbocycles. The Hall–Kier alpha value is -2.06. The molecule has 0 aromatic heterocycles. The maximum absolute atomic E-state index is 12.6. The molecule has 0 aliphatic heterocycles. The van der Waals surface area contributed by atoms with Crippen molar-refractivity contribution in [3.05, 3.63) is 60.2 Å². The molecule has 0 aliphatic carbocycles. The van der Waals surface area contributed by atoms with Crippen LogP contribution in [0, 0.1) is 5.92 Å². The number of carbonyl (C=O) groups excluding carboxylic acids is 1. The first-order valence-corrected chi connectivity index (χ1v) is 12.9. The molecule has 0 heterocycles. The quantitative estimate of drug-likeness (QED) is 0.324. The highest BCUT2D eigenvalue weighted by Gasteiger charge is 2.26. The largest absolute Gasteiger partial charge is 0.497 e. The summed E-state index contributed by atoms with van der Waals surface area (Å²) in [5.74, 6) is 1.02. The molecule has 0 spiro atoms. The first kappa shape index (κ1) is 28.2. The van der Waals surface area contributed by atoms with Crippen LogP contribution in [-0.2, 0) is 11.2 Å². The minimum Gasteiger partial charge on any atom is -0.497 e. The summed E-state index contributed by atoms with van der Waals surface area (Å²) in [6.07, 6.45) is 0.640. The summed E-state index contributed by atoms with van der Waals surface area (Å²) in [5, 5.41) is 24.2. The van der Waals surface area contributed by atoms with E-state index in [9.17, 15) is 15.0 Å². The van der Waals surface area contributed by atoms with Crippen molar-refractivity contribution >= 4 is 17.9 Å². The van der Waals surface area contributed by atoms with Crippen molar-refractivity contribution < 1.29 is 19.7 Å². The lowest BCUT2D eigenvalue weighted by Crippen LogP contribution is -2.49. The van der Waals surface area contributed by atoms with Crippen LogP contribution in [0.25, 0.3) is 0 Å². The number of amides is 1. The predicted octanol–water partition coefficient (Wildman–Crippen LogP) is 4.30. The standard InChI is InChI=1S/C27H40N2O4S/c1-5-20(3)18-29(34-24-14-12-23(33-4)13-15-24)19-26(31)25(16-21-10-8-7-9-11-21)28-27(32)17-22(30)6-2/h7-15,20,22,25-26,30-31H,5-6,16-19H2,1-4H3,(H,28,32). The van der Waals surface area contributed by atoms with Gasteiger partial charge in [-0.3, -0.25) is 4.79 Å². The van der Waals surface area contributed by atoms with Gasteiger partial charge in [-0.05, 0) is 60.5 Å². The summed E-state index contributed by atoms with van der Waals surface area (Å²) in [5.41, 5.74) is 1.04. The molecule has 34 heavy (non-hydrogen) atoms. The summed E-state index contributed by atoms with van der Waals surface area (Å²) in [7, 11) is 1.65. The van der Waals surface area contributed by atoms with E-state index >= 15 is 0 Å². The first-order valence-electron chi connectivity index (χ1n) is 12.1. The van der Waals surface area contributed by atoms with Crippen molar-refractivity contribution in [3.8, 4) is 5.75 Å². The Bertz CT molecular complexity index is 834. The van der Waals surface area contributed by atoms with E-state index in [1.54, 1.807) is 19.1 Å². The van der Waals surface area contributed by atoms with Gasteiger partial charge in [-0.2, -0.15) is 0 Å². The van der Waals surface area contributed by atoms with Crippen LogP contribution in [-0.4, -0.2) is 58.9 Å². The molecule has 0 aliphatic rings. The van der Waals surface area contributed by atoms with Gasteiger partial charge in [-0.25, -0.2) is 4.31 Å². The Balaban J connectivity index is 2.15. The van der Waals surface area contributed by atoms with Crippen LogP contribution in [0.2, 0.25) is 0 Å². The van der Waals surface area contributed by atoms with Crippen LogP contribution in [0.4, 0.5) is 0 Å². The highest BCUT2D eigenvalue weighted by Crippen LogP contribution is 2.27. The number of aliphatic hydroxyl groups excluding tert-OH is 2. The van der Waals surface area contributed by atoms with Crippen molar-refractivity contribution in [2.24, 2.45) is 5.92 Å². The van der Waals surface area contributed by atoms with E-state index in [0.29, 0.717) is 25.3 Å². The maximum atomic E-state index is 12.6. The molecule has 1 amide bonds. The van der Waals surface area contributed by atoms with Crippen molar-refractivity contribution in [1.29, 1.82) is 0 Å². The molecular formula is C27H40N2O4S. The molecule has 4 atom stereocenters. The number of ether oxygens (including phenoxy) is 1. The van der Waals surface area contributed by atoms with Crippen molar-refractivity contribution in [2.45, 2.75) is 69.6 Å². The molecule has 0 radical (unpaired) electrons. The fourth-order valence-electron chi connectivity index (χ4n) is 3.52. The van der Waals surface area contributed by atoms with Crippen molar-refractivity contribution in [3.63, 3.8) is 0 Å². The number of nitrogens with zero attached hydrogens (tertiary/aromatic N) is 1. The van der Waals surface area contributed by atoms with E-state index in [-0.39, 0.29) is 12.3 Å². The lowest BCUT2D eigenvalue weighted by atomic mass is 10.00. The zero-order valence-corrected chi connectivity index (χ0v) is 21.6. The average molecular weight is 489 g/mol. The van der Waals surface area contributed by atoms with E-state index in [0.717, 1.165) is 29.2 Å². The van der Waals surface area contributed by atoms with Gasteiger partial charge in [0, 0.05) is 18.0 Å². The molecule has 3 N–H and O–H groups in total. The Morgan fingerprint density at radius 2 is 1.71 bits per heavy atom. The minimum absolute atomic E-state index is 0.0334. The molecule has 4 unspecified atom stereocenters. The van der Waals surface area contributed by atoms with Gasteiger partial charge >= 0.3 is 0 Å². The number of methoxy groups -OCH3 is 1. The molecular weight excluding hydrogens is 448 g/mol. The lowest BCUT2D eigenvalue weighted by molar-refractivity contribution is -0.124. The second-order valence-corrected chi connectivity index (χ2v) is 9.99. The normalized spacial score (nSPS) is 14.9. The number of hydrogen-bond donors (Lipinski definition) is 3. The van der Waals surface area contributed by atoms with Crippen LogP contribution in [0.3, 0.4) is 0 Å². The van der Waals surface area contributed by atoms with Crippen LogP contribution >= 0.6 is 11.9 Å². The van der Waals surface area contributed by atoms with Gasteiger partial charge in [0.2, 0.25) is 5.91 Å². The second kappa shape index (κ2) is 15.0. The summed E-state index contributed by atoms with van der Waals surface area (Å²) < 4.78 is 7.43. The van der Waals surface area contributed by atoms with E-state index < -0.39 is 18.2 Å². The number of rotatable bonds is 15. The highest BCUT2D eigenvalue weighted by molar-refractivity contribution is 7.97. The van der Waals surface area contributed by atoms with E-state index in [1.165, 1.54) is 0 Å². The molecule has 0 fully saturated rings. The average Bonchev–Trinajstić information content (AvgIpc) is 2.84. The van der Waals surface area contributed by atoms with Gasteiger partial charge in [0.25, 0.3) is 0 Å². The smallest absolute Gasteiger partial charge is 0.222 e. The van der Waals surface area contributed by atoms with E-state index in [4.69, 9.17) is 4.74 Å². The first-order chi connectivity index (χ1) is 16.3. The van der Waals surface area contributed by atoms with Crippen LogP contribution in [0.1, 0.15) is 45.6 Å². The van der Waals surface area contributed by atoms with Gasteiger partial charge < -0.3 is 20.3 Å². The third kappa shape index (κ3) is 10.1. The molecule has 188 valence electrons. The second-order valence-electron chi connectivity index (χ2n) is 8.82. The SMILES string of the molecule is CCC(C)CN(CC(O)C(Cc1ccccc1)NC(=O)CC(O)CC)Sc1ccc(OC)cc1. The number of carbonyl (C=O) groups is 1. The van der Waals surface area contributed by atoms with Gasteiger partial charge in [0.05, 0.1) is 31.8 Å². The molecule has 7 heteroatoms. The van der Waals surface area contributed by atoms with Crippen molar-refractivity contribution in [2.75, 3.05) is 20.2 Å². The predicted molar refractivity (Wildman–Crippen MR) is 139 cm³/mol. The van der Waals surface area contributed by atoms with Gasteiger partial charge in [-0.1, -0.05) is 57.5 Å². The summed E-state index contributed by atoms with van der Waals surface area (Å²) in [6.45, 7) is 7.41. The maximum Gasteiger partial charge on any atom is 0.222 e. The van der Waals surface area contributed by atoms with Crippen LogP contribution < -0.4 is 10.1 Å². The third-order valence-electron chi connectivity index (χ3n) is 5.90. The number of aliphatic hydroxyl groups is 2. The third-order valence-corrected chi connectivity index (χ3v) is 6.94. The monoisotopic (exact) mass is 488 g/mol. The summed E-state index contributed by atoms with van der Waals surface area (Å²) in [6, 6.07) is 17.3. The molecule has 2 aromatic rings. The zero-order valence-electron chi connectivity index (χ0n) is 20.8. The van der Waals surface area contributed by atoms with E-state index in [1.807, 2.05) is 61.5 Å². The summed E-state index contributed by atoms with van der Waals surface area (Å²) >= 11 is 1.60. The molecule has 0 saturated carbocycles. The fraction of sp³-hybridized carbons (Fsp3) is 0.519. The lowest BCUT2D eigenvalue weighted by Gasteiger charge is -2.31. The molecule has 0 saturated heterocycles. The topological polar surface area (TPSA) is 82.0 Å². The Kier molecular flexibility index (Phi) is 12.5. The summed E-state index contributed by atoms with van der Waals surface area (Å²) in [4.78, 5) is 13.6. The Morgan fingerprint density at radius 1 is 1.03 bits per heavy atom. The highest BCUT2D eigenvalue weighted by atomic mass is 32.2.